The average Bonchev–Trinajstić information content (AvgIpc) is 2.75. The van der Waals surface area contributed by atoms with Crippen LogP contribution in [0, 0.1) is 5.92 Å². The summed E-state index contributed by atoms with van der Waals surface area (Å²) in [6.45, 7) is 7.11. The Kier molecular flexibility index (Phi) is 3.83. The van der Waals surface area contributed by atoms with Gasteiger partial charge in [0.15, 0.2) is 0 Å². The molecule has 1 aliphatic rings. The van der Waals surface area contributed by atoms with Crippen LogP contribution in [0.1, 0.15) is 32.7 Å². The van der Waals surface area contributed by atoms with Crippen LogP contribution in [0.5, 0.6) is 0 Å². The summed E-state index contributed by atoms with van der Waals surface area (Å²) in [5.74, 6) is 1.64. The number of ether oxygens (including phenoxy) is 1. The van der Waals surface area contributed by atoms with Gasteiger partial charge >= 0.3 is 0 Å². The Morgan fingerprint density at radius 3 is 2.94 bits per heavy atom. The van der Waals surface area contributed by atoms with Crippen molar-refractivity contribution in [3.8, 4) is 0 Å². The van der Waals surface area contributed by atoms with Crippen molar-refractivity contribution in [2.75, 3.05) is 25.1 Å². The third-order valence-corrected chi connectivity index (χ3v) is 2.92. The maximum atomic E-state index is 5.38. The molecule has 2 rings (SSSR count). The third kappa shape index (κ3) is 2.76. The molecule has 1 N–H and O–H groups in total. The molecule has 0 aliphatic carbocycles. The van der Waals surface area contributed by atoms with Crippen LogP contribution in [0.2, 0.25) is 0 Å². The highest BCUT2D eigenvalue weighted by molar-refractivity contribution is 5.26. The van der Waals surface area contributed by atoms with Crippen molar-refractivity contribution in [1.29, 1.82) is 0 Å². The molecule has 4 heteroatoms. The van der Waals surface area contributed by atoms with Crippen LogP contribution >= 0.6 is 0 Å². The van der Waals surface area contributed by atoms with E-state index in [1.54, 1.807) is 0 Å². The summed E-state index contributed by atoms with van der Waals surface area (Å²) in [6, 6.07) is 0.547. The molecule has 0 saturated carbocycles. The number of nitrogens with zero attached hydrogens (tertiary/aromatic N) is 2. The molecule has 0 amide bonds. The monoisotopic (exact) mass is 223 g/mol. The molecule has 0 atom stereocenters. The van der Waals surface area contributed by atoms with E-state index in [4.69, 9.17) is 4.74 Å². The van der Waals surface area contributed by atoms with Crippen LogP contribution in [-0.2, 0) is 4.74 Å². The molecule has 0 unspecified atom stereocenters. The van der Waals surface area contributed by atoms with E-state index in [2.05, 4.69) is 34.9 Å². The second kappa shape index (κ2) is 5.34. The first-order valence-electron chi connectivity index (χ1n) is 6.12. The highest BCUT2D eigenvalue weighted by Gasteiger charge is 2.17. The summed E-state index contributed by atoms with van der Waals surface area (Å²) >= 11 is 0. The highest BCUT2D eigenvalue weighted by atomic mass is 16.5. The van der Waals surface area contributed by atoms with Crippen LogP contribution in [0.25, 0.3) is 0 Å². The molecular formula is C12H21N3O. The fourth-order valence-electron chi connectivity index (χ4n) is 2.00. The Morgan fingerprint density at radius 2 is 2.25 bits per heavy atom. The summed E-state index contributed by atoms with van der Waals surface area (Å²) in [4.78, 5) is 4.37. The zero-order valence-electron chi connectivity index (χ0n) is 10.1. The van der Waals surface area contributed by atoms with Gasteiger partial charge in [-0.05, 0) is 18.8 Å². The van der Waals surface area contributed by atoms with Gasteiger partial charge in [0.2, 0.25) is 5.95 Å². The Bertz CT molecular complexity index is 316. The molecule has 0 radical (unpaired) electrons. The molecule has 0 aromatic carbocycles. The topological polar surface area (TPSA) is 39.1 Å². The molecule has 16 heavy (non-hydrogen) atoms. The maximum absolute atomic E-state index is 5.38. The lowest BCUT2D eigenvalue weighted by molar-refractivity contribution is 0.0700. The van der Waals surface area contributed by atoms with Crippen molar-refractivity contribution in [2.24, 2.45) is 5.92 Å². The summed E-state index contributed by atoms with van der Waals surface area (Å²) < 4.78 is 7.64. The van der Waals surface area contributed by atoms with Gasteiger partial charge in [-0.25, -0.2) is 4.98 Å². The van der Waals surface area contributed by atoms with Gasteiger partial charge in [-0.2, -0.15) is 0 Å². The summed E-state index contributed by atoms with van der Waals surface area (Å²) in [5, 5.41) is 3.40. The Labute approximate surface area is 97.0 Å². The Balaban J connectivity index is 2.00. The van der Waals surface area contributed by atoms with Gasteiger partial charge in [0, 0.05) is 38.2 Å². The Hall–Kier alpha value is -1.03. The van der Waals surface area contributed by atoms with Gasteiger partial charge < -0.3 is 14.6 Å². The lowest BCUT2D eigenvalue weighted by Gasteiger charge is -2.25. The van der Waals surface area contributed by atoms with Crippen molar-refractivity contribution in [2.45, 2.75) is 32.7 Å². The fourth-order valence-corrected chi connectivity index (χ4v) is 2.00. The van der Waals surface area contributed by atoms with Crippen molar-refractivity contribution >= 4 is 5.95 Å². The smallest absolute Gasteiger partial charge is 0.203 e. The normalized spacial score (nSPS) is 17.9. The fraction of sp³-hybridized carbons (Fsp3) is 0.750. The van der Waals surface area contributed by atoms with E-state index in [0.29, 0.717) is 12.0 Å². The zero-order valence-corrected chi connectivity index (χ0v) is 10.1. The zero-order chi connectivity index (χ0) is 11.4. The molecule has 90 valence electrons. The van der Waals surface area contributed by atoms with E-state index >= 15 is 0 Å². The molecule has 0 bridgehead atoms. The summed E-state index contributed by atoms with van der Waals surface area (Å²) in [6.07, 6.45) is 6.12. The van der Waals surface area contributed by atoms with Crippen LogP contribution in [0.15, 0.2) is 12.4 Å². The van der Waals surface area contributed by atoms with E-state index < -0.39 is 0 Å². The second-order valence-electron chi connectivity index (χ2n) is 4.78. The van der Waals surface area contributed by atoms with Gasteiger partial charge in [0.1, 0.15) is 0 Å². The minimum atomic E-state index is 0.547. The lowest BCUT2D eigenvalue weighted by Crippen LogP contribution is -2.21. The molecule has 2 heterocycles. The molecule has 1 saturated heterocycles. The predicted octanol–water partition coefficient (Wildman–Crippen LogP) is 2.30. The highest BCUT2D eigenvalue weighted by Crippen LogP contribution is 2.24. The Morgan fingerprint density at radius 1 is 1.50 bits per heavy atom. The minimum absolute atomic E-state index is 0.547. The van der Waals surface area contributed by atoms with E-state index in [0.717, 1.165) is 38.5 Å². The first-order chi connectivity index (χ1) is 7.77. The van der Waals surface area contributed by atoms with E-state index in [9.17, 15) is 0 Å². The number of hydrogen-bond acceptors (Lipinski definition) is 3. The number of aromatic nitrogens is 2. The standard InChI is InChI=1S/C12H21N3O/c1-10(2)9-14-12-13-5-6-15(12)11-3-7-16-8-4-11/h5-6,10-11H,3-4,7-9H2,1-2H3,(H,13,14). The first-order valence-corrected chi connectivity index (χ1v) is 6.12. The summed E-state index contributed by atoms with van der Waals surface area (Å²) in [7, 11) is 0. The minimum Gasteiger partial charge on any atom is -0.381 e. The maximum Gasteiger partial charge on any atom is 0.203 e. The predicted molar refractivity (Wildman–Crippen MR) is 64.6 cm³/mol. The molecular weight excluding hydrogens is 202 g/mol. The molecule has 4 nitrogen and oxygen atoms in total. The third-order valence-electron chi connectivity index (χ3n) is 2.92. The average molecular weight is 223 g/mol. The van der Waals surface area contributed by atoms with Crippen molar-refractivity contribution < 1.29 is 4.74 Å². The number of hydrogen-bond donors (Lipinski definition) is 1. The van der Waals surface area contributed by atoms with Crippen LogP contribution in [0.4, 0.5) is 5.95 Å². The van der Waals surface area contributed by atoms with Crippen molar-refractivity contribution in [3.05, 3.63) is 12.4 Å². The van der Waals surface area contributed by atoms with Crippen LogP contribution in [-0.4, -0.2) is 29.3 Å². The van der Waals surface area contributed by atoms with Crippen LogP contribution in [0.3, 0.4) is 0 Å². The molecule has 1 aromatic heterocycles. The van der Waals surface area contributed by atoms with Gasteiger partial charge in [0.05, 0.1) is 0 Å². The van der Waals surface area contributed by atoms with Crippen LogP contribution < -0.4 is 5.32 Å². The number of anilines is 1. The van der Waals surface area contributed by atoms with Crippen molar-refractivity contribution in [1.82, 2.24) is 9.55 Å². The second-order valence-corrected chi connectivity index (χ2v) is 4.78. The lowest BCUT2D eigenvalue weighted by atomic mass is 10.1. The van der Waals surface area contributed by atoms with Gasteiger partial charge in [-0.1, -0.05) is 13.8 Å². The van der Waals surface area contributed by atoms with E-state index in [-0.39, 0.29) is 0 Å². The first kappa shape index (κ1) is 11.5. The van der Waals surface area contributed by atoms with Gasteiger partial charge in [-0.3, -0.25) is 0 Å². The van der Waals surface area contributed by atoms with Gasteiger partial charge in [0.25, 0.3) is 0 Å². The number of rotatable bonds is 4. The number of nitrogens with one attached hydrogen (secondary N) is 1. The van der Waals surface area contributed by atoms with E-state index in [1.165, 1.54) is 0 Å². The molecule has 0 spiro atoms. The largest absolute Gasteiger partial charge is 0.381 e. The summed E-state index contributed by atoms with van der Waals surface area (Å²) in [5.41, 5.74) is 0. The molecule has 1 fully saturated rings. The molecule has 1 aliphatic heterocycles. The number of imidazole rings is 1. The van der Waals surface area contributed by atoms with Crippen molar-refractivity contribution in [3.63, 3.8) is 0 Å². The quantitative estimate of drug-likeness (QED) is 0.851. The van der Waals surface area contributed by atoms with Gasteiger partial charge in [-0.15, -0.1) is 0 Å². The molecule has 1 aromatic rings. The SMILES string of the molecule is CC(C)CNc1nccn1C1CCOCC1. The van der Waals surface area contributed by atoms with E-state index in [1.807, 2.05) is 6.20 Å².